The normalized spacial score (nSPS) is 11.6. The number of nitrogens with zero attached hydrogens (tertiary/aromatic N) is 1. The molecule has 0 aliphatic carbocycles. The van der Waals surface area contributed by atoms with Crippen LogP contribution in [-0.2, 0) is 12.8 Å². The highest BCUT2D eigenvalue weighted by molar-refractivity contribution is 7.11. The van der Waals surface area contributed by atoms with Crippen molar-refractivity contribution in [2.75, 3.05) is 0 Å². The first-order chi connectivity index (χ1) is 8.45. The molecule has 0 atom stereocenters. The summed E-state index contributed by atoms with van der Waals surface area (Å²) in [5, 5.41) is 0.901. The number of hydrogen-bond donors (Lipinski definition) is 0. The average Bonchev–Trinajstić information content (AvgIpc) is 2.72. The van der Waals surface area contributed by atoms with Gasteiger partial charge in [-0.15, -0.1) is 11.3 Å². The summed E-state index contributed by atoms with van der Waals surface area (Å²) in [7, 11) is 0. The Morgan fingerprint density at radius 2 is 2.11 bits per heavy atom. The summed E-state index contributed by atoms with van der Waals surface area (Å²) in [6, 6.07) is 4.84. The number of alkyl halides is 3. The summed E-state index contributed by atoms with van der Waals surface area (Å²) in [5.74, 6) is 0.205. The molecule has 96 valence electrons. The number of benzene rings is 1. The van der Waals surface area contributed by atoms with Crippen molar-refractivity contribution < 1.29 is 17.9 Å². The molecular formula is C12H10F3NOS. The Kier molecular flexibility index (Phi) is 3.56. The van der Waals surface area contributed by atoms with Gasteiger partial charge in [-0.3, -0.25) is 0 Å². The number of ether oxygens (including phenoxy) is 1. The van der Waals surface area contributed by atoms with Crippen molar-refractivity contribution in [1.82, 2.24) is 4.98 Å². The van der Waals surface area contributed by atoms with Crippen molar-refractivity contribution in [3.05, 3.63) is 45.9 Å². The van der Waals surface area contributed by atoms with Crippen LogP contribution in [0.2, 0.25) is 0 Å². The highest BCUT2D eigenvalue weighted by atomic mass is 32.1. The van der Waals surface area contributed by atoms with Gasteiger partial charge in [-0.05, 0) is 25.1 Å². The molecule has 0 saturated heterocycles. The maximum atomic E-state index is 12.5. The van der Waals surface area contributed by atoms with E-state index >= 15 is 0 Å². The number of hydrogen-bond acceptors (Lipinski definition) is 3. The number of halogens is 3. The van der Waals surface area contributed by atoms with Gasteiger partial charge in [-0.25, -0.2) is 4.98 Å². The van der Waals surface area contributed by atoms with Crippen LogP contribution in [0.1, 0.15) is 15.4 Å². The molecule has 0 amide bonds. The van der Waals surface area contributed by atoms with Crippen molar-refractivity contribution in [1.29, 1.82) is 0 Å². The summed E-state index contributed by atoms with van der Waals surface area (Å²) < 4.78 is 42.7. The van der Waals surface area contributed by atoms with Crippen molar-refractivity contribution >= 4 is 11.3 Å². The molecule has 2 rings (SSSR count). The molecule has 1 aromatic heterocycles. The summed E-state index contributed by atoms with van der Waals surface area (Å²) in [6.45, 7) is 2.09. The maximum Gasteiger partial charge on any atom is 0.416 e. The fourth-order valence-electron chi connectivity index (χ4n) is 1.39. The van der Waals surface area contributed by atoms with Gasteiger partial charge >= 0.3 is 6.18 Å². The molecule has 18 heavy (non-hydrogen) atoms. The lowest BCUT2D eigenvalue weighted by Crippen LogP contribution is -2.05. The van der Waals surface area contributed by atoms with Crippen molar-refractivity contribution in [2.45, 2.75) is 19.7 Å². The Hall–Kier alpha value is -1.56. The summed E-state index contributed by atoms with van der Waals surface area (Å²) in [5.41, 5.74) is -0.708. The Morgan fingerprint density at radius 1 is 1.33 bits per heavy atom. The zero-order chi connectivity index (χ0) is 13.2. The standard InChI is InChI=1S/C12H10F3NOS/c1-8-16-6-11(18-8)7-17-10-4-2-3-9(5-10)12(13,14)15/h2-6H,7H2,1H3. The van der Waals surface area contributed by atoms with E-state index in [0.29, 0.717) is 0 Å². The van der Waals surface area contributed by atoms with Crippen LogP contribution >= 0.6 is 11.3 Å². The molecule has 0 N–H and O–H groups in total. The van der Waals surface area contributed by atoms with E-state index in [4.69, 9.17) is 4.74 Å². The Morgan fingerprint density at radius 3 is 2.72 bits per heavy atom. The van der Waals surface area contributed by atoms with Crippen molar-refractivity contribution in [3.8, 4) is 5.75 Å². The van der Waals surface area contributed by atoms with Gasteiger partial charge in [-0.1, -0.05) is 6.07 Å². The van der Waals surface area contributed by atoms with Gasteiger partial charge in [0.1, 0.15) is 12.4 Å². The molecule has 0 fully saturated rings. The quantitative estimate of drug-likeness (QED) is 0.841. The first-order valence-corrected chi connectivity index (χ1v) is 5.98. The number of aromatic nitrogens is 1. The number of aryl methyl sites for hydroxylation is 1. The monoisotopic (exact) mass is 273 g/mol. The topological polar surface area (TPSA) is 22.1 Å². The van der Waals surface area contributed by atoms with Crippen LogP contribution in [0.25, 0.3) is 0 Å². The third kappa shape index (κ3) is 3.22. The lowest BCUT2D eigenvalue weighted by atomic mass is 10.2. The van der Waals surface area contributed by atoms with Gasteiger partial charge in [0.15, 0.2) is 0 Å². The van der Waals surface area contributed by atoms with Crippen molar-refractivity contribution in [3.63, 3.8) is 0 Å². The van der Waals surface area contributed by atoms with Crippen molar-refractivity contribution in [2.24, 2.45) is 0 Å². The van der Waals surface area contributed by atoms with Crippen LogP contribution in [0, 0.1) is 6.92 Å². The molecule has 0 bridgehead atoms. The predicted octanol–water partition coefficient (Wildman–Crippen LogP) is 4.05. The SMILES string of the molecule is Cc1ncc(COc2cccc(C(F)(F)F)c2)s1. The molecule has 0 spiro atoms. The van der Waals surface area contributed by atoms with Crippen LogP contribution in [0.3, 0.4) is 0 Å². The highest BCUT2D eigenvalue weighted by Crippen LogP contribution is 2.31. The molecule has 0 radical (unpaired) electrons. The summed E-state index contributed by atoms with van der Waals surface area (Å²) in [4.78, 5) is 4.92. The van der Waals surface area contributed by atoms with Gasteiger partial charge in [-0.2, -0.15) is 13.2 Å². The molecule has 6 heteroatoms. The molecule has 0 aliphatic rings. The zero-order valence-electron chi connectivity index (χ0n) is 9.49. The zero-order valence-corrected chi connectivity index (χ0v) is 10.3. The van der Waals surface area contributed by atoms with E-state index in [9.17, 15) is 13.2 Å². The molecule has 1 heterocycles. The van der Waals surface area contributed by atoms with E-state index in [1.54, 1.807) is 6.20 Å². The second-order valence-electron chi connectivity index (χ2n) is 3.66. The smallest absolute Gasteiger partial charge is 0.416 e. The van der Waals surface area contributed by atoms with E-state index in [1.165, 1.54) is 23.5 Å². The minimum Gasteiger partial charge on any atom is -0.488 e. The Bertz CT molecular complexity index is 536. The van der Waals surface area contributed by atoms with E-state index in [0.717, 1.165) is 22.0 Å². The van der Waals surface area contributed by atoms with E-state index in [-0.39, 0.29) is 12.4 Å². The third-order valence-corrected chi connectivity index (χ3v) is 3.10. The fourth-order valence-corrected chi connectivity index (χ4v) is 2.10. The molecule has 0 unspecified atom stereocenters. The van der Waals surface area contributed by atoms with Gasteiger partial charge in [0.2, 0.25) is 0 Å². The summed E-state index contributed by atoms with van der Waals surface area (Å²) in [6.07, 6.45) is -2.69. The molecule has 0 aliphatic heterocycles. The Balaban J connectivity index is 2.06. The van der Waals surface area contributed by atoms with E-state index in [2.05, 4.69) is 4.98 Å². The van der Waals surface area contributed by atoms with Crippen LogP contribution < -0.4 is 4.74 Å². The van der Waals surface area contributed by atoms with Crippen LogP contribution in [-0.4, -0.2) is 4.98 Å². The largest absolute Gasteiger partial charge is 0.488 e. The second kappa shape index (κ2) is 4.97. The first-order valence-electron chi connectivity index (χ1n) is 5.16. The predicted molar refractivity (Wildman–Crippen MR) is 62.6 cm³/mol. The third-order valence-electron chi connectivity index (χ3n) is 2.21. The number of rotatable bonds is 3. The van der Waals surface area contributed by atoms with Gasteiger partial charge in [0.05, 0.1) is 15.4 Å². The van der Waals surface area contributed by atoms with Crippen LogP contribution in [0.5, 0.6) is 5.75 Å². The molecule has 2 nitrogen and oxygen atoms in total. The fraction of sp³-hybridized carbons (Fsp3) is 0.250. The van der Waals surface area contributed by atoms with E-state index < -0.39 is 11.7 Å². The van der Waals surface area contributed by atoms with Crippen LogP contribution in [0.15, 0.2) is 30.5 Å². The first kappa shape index (κ1) is 12.9. The van der Waals surface area contributed by atoms with E-state index in [1.807, 2.05) is 6.92 Å². The lowest BCUT2D eigenvalue weighted by Gasteiger charge is -2.09. The van der Waals surface area contributed by atoms with Gasteiger partial charge in [0, 0.05) is 6.20 Å². The van der Waals surface area contributed by atoms with Gasteiger partial charge in [0.25, 0.3) is 0 Å². The minimum absolute atomic E-state index is 0.205. The molecule has 2 aromatic rings. The molecule has 0 saturated carbocycles. The van der Waals surface area contributed by atoms with Gasteiger partial charge < -0.3 is 4.74 Å². The molecule has 1 aromatic carbocycles. The maximum absolute atomic E-state index is 12.5. The molecular weight excluding hydrogens is 263 g/mol. The average molecular weight is 273 g/mol. The summed E-state index contributed by atoms with van der Waals surface area (Å²) >= 11 is 1.46. The lowest BCUT2D eigenvalue weighted by molar-refractivity contribution is -0.137. The van der Waals surface area contributed by atoms with Crippen LogP contribution in [0.4, 0.5) is 13.2 Å². The Labute approximate surface area is 106 Å². The minimum atomic E-state index is -4.35. The number of thiazole rings is 1. The highest BCUT2D eigenvalue weighted by Gasteiger charge is 2.30. The second-order valence-corrected chi connectivity index (χ2v) is 4.98.